The van der Waals surface area contributed by atoms with Crippen LogP contribution >= 0.6 is 0 Å². The van der Waals surface area contributed by atoms with Gasteiger partial charge in [-0.15, -0.1) is 0 Å². The fourth-order valence-corrected chi connectivity index (χ4v) is 4.39. The molecule has 1 aliphatic heterocycles. The van der Waals surface area contributed by atoms with Gasteiger partial charge >= 0.3 is 12.0 Å². The normalized spacial score (nSPS) is 14.9. The number of nitrogens with one attached hydrogen (secondary N) is 2. The van der Waals surface area contributed by atoms with Gasteiger partial charge in [-0.3, -0.25) is 9.59 Å². The summed E-state index contributed by atoms with van der Waals surface area (Å²) in [6.45, 7) is 2.12. The second kappa shape index (κ2) is 10.9. The average molecular weight is 475 g/mol. The maximum atomic E-state index is 12.4. The summed E-state index contributed by atoms with van der Waals surface area (Å²) in [4.78, 5) is 40.0. The van der Waals surface area contributed by atoms with Crippen LogP contribution in [0, 0.1) is 0 Å². The zero-order valence-electron chi connectivity index (χ0n) is 18.1. The van der Waals surface area contributed by atoms with Crippen molar-refractivity contribution >= 4 is 33.6 Å². The van der Waals surface area contributed by atoms with Gasteiger partial charge in [0.2, 0.25) is 10.0 Å². The molecule has 10 nitrogen and oxygen atoms in total. The Morgan fingerprint density at radius 2 is 1.45 bits per heavy atom. The monoisotopic (exact) mass is 474 g/mol. The topological polar surface area (TPSA) is 125 Å². The van der Waals surface area contributed by atoms with Crippen molar-refractivity contribution < 1.29 is 27.5 Å². The number of rotatable bonds is 7. The molecule has 11 heteroatoms. The molecule has 1 heterocycles. The maximum Gasteiger partial charge on any atom is 0.324 e. The van der Waals surface area contributed by atoms with Gasteiger partial charge < -0.3 is 19.9 Å². The van der Waals surface area contributed by atoms with E-state index < -0.39 is 34.5 Å². The van der Waals surface area contributed by atoms with Gasteiger partial charge in [-0.1, -0.05) is 36.4 Å². The highest BCUT2D eigenvalue weighted by atomic mass is 32.2. The van der Waals surface area contributed by atoms with Crippen molar-refractivity contribution in [1.29, 1.82) is 0 Å². The minimum atomic E-state index is -3.89. The van der Waals surface area contributed by atoms with Crippen LogP contribution in [0.3, 0.4) is 0 Å². The van der Waals surface area contributed by atoms with E-state index in [0.717, 1.165) is 0 Å². The zero-order chi connectivity index (χ0) is 23.8. The molecule has 33 heavy (non-hydrogen) atoms. The van der Waals surface area contributed by atoms with Crippen LogP contribution in [0.5, 0.6) is 0 Å². The number of hydrogen-bond donors (Lipinski definition) is 2. The van der Waals surface area contributed by atoms with Crippen LogP contribution in [0.1, 0.15) is 6.92 Å². The predicted molar refractivity (Wildman–Crippen MR) is 121 cm³/mol. The van der Waals surface area contributed by atoms with Gasteiger partial charge in [-0.25, -0.2) is 13.2 Å². The Bertz CT molecular complexity index is 1070. The third-order valence-corrected chi connectivity index (χ3v) is 6.58. The highest BCUT2D eigenvalue weighted by Gasteiger charge is 2.27. The molecule has 2 aromatic rings. The van der Waals surface area contributed by atoms with E-state index in [9.17, 15) is 22.8 Å². The number of carbonyl (C=O) groups is 3. The molecule has 0 aromatic heterocycles. The zero-order valence-corrected chi connectivity index (χ0v) is 19.0. The molecule has 0 aliphatic carbocycles. The Morgan fingerprint density at radius 3 is 2.06 bits per heavy atom. The largest absolute Gasteiger partial charge is 0.454 e. The lowest BCUT2D eigenvalue weighted by Crippen LogP contribution is -2.52. The molecule has 1 atom stereocenters. The van der Waals surface area contributed by atoms with Gasteiger partial charge in [0.15, 0.2) is 6.61 Å². The summed E-state index contributed by atoms with van der Waals surface area (Å²) in [7, 11) is -3.89. The molecule has 1 saturated heterocycles. The Kier molecular flexibility index (Phi) is 8.01. The summed E-state index contributed by atoms with van der Waals surface area (Å²) >= 11 is 0. The average Bonchev–Trinajstić information content (AvgIpc) is 2.83. The van der Waals surface area contributed by atoms with Crippen LogP contribution in [0.4, 0.5) is 10.5 Å². The molecule has 0 spiro atoms. The molecule has 0 unspecified atom stereocenters. The van der Waals surface area contributed by atoms with Gasteiger partial charge in [0.25, 0.3) is 5.91 Å². The number of piperazine rings is 1. The molecule has 2 aromatic carbocycles. The van der Waals surface area contributed by atoms with Gasteiger partial charge in [-0.05, 0) is 31.2 Å². The van der Waals surface area contributed by atoms with Crippen molar-refractivity contribution in [3.05, 3.63) is 60.7 Å². The van der Waals surface area contributed by atoms with Gasteiger partial charge in [-0.2, -0.15) is 4.72 Å². The molecule has 2 N–H and O–H groups in total. The Labute approximate surface area is 192 Å². The van der Waals surface area contributed by atoms with Gasteiger partial charge in [0.1, 0.15) is 6.04 Å². The number of nitrogens with zero attached hydrogens (tertiary/aromatic N) is 2. The number of para-hydroxylation sites is 1. The number of hydrogen-bond acceptors (Lipinski definition) is 6. The lowest BCUT2D eigenvalue weighted by molar-refractivity contribution is -0.153. The third kappa shape index (κ3) is 6.77. The van der Waals surface area contributed by atoms with Gasteiger partial charge in [0, 0.05) is 31.9 Å². The van der Waals surface area contributed by atoms with E-state index in [1.165, 1.54) is 24.0 Å². The lowest BCUT2D eigenvalue weighted by Gasteiger charge is -2.34. The van der Waals surface area contributed by atoms with Crippen LogP contribution in [0.2, 0.25) is 0 Å². The van der Waals surface area contributed by atoms with E-state index in [4.69, 9.17) is 4.74 Å². The number of urea groups is 1. The first kappa shape index (κ1) is 24.2. The summed E-state index contributed by atoms with van der Waals surface area (Å²) in [6, 6.07) is 15.3. The van der Waals surface area contributed by atoms with E-state index in [0.29, 0.717) is 31.9 Å². The van der Waals surface area contributed by atoms with Crippen molar-refractivity contribution in [3.8, 4) is 0 Å². The second-order valence-corrected chi connectivity index (χ2v) is 9.14. The maximum absolute atomic E-state index is 12.4. The molecular formula is C22H26N4O6S. The molecule has 176 valence electrons. The molecule has 3 amide bonds. The molecule has 1 fully saturated rings. The molecule has 0 radical (unpaired) electrons. The van der Waals surface area contributed by atoms with Crippen LogP contribution in [0.15, 0.2) is 65.6 Å². The SMILES string of the molecule is C[C@H](NS(=O)(=O)c1ccccc1)C(=O)OCC(=O)N1CCN(C(=O)Nc2ccccc2)CC1. The first-order chi connectivity index (χ1) is 15.8. The van der Waals surface area contributed by atoms with Crippen LogP contribution in [0.25, 0.3) is 0 Å². The summed E-state index contributed by atoms with van der Waals surface area (Å²) < 4.78 is 31.8. The number of amides is 3. The first-order valence-electron chi connectivity index (χ1n) is 10.4. The third-order valence-electron chi connectivity index (χ3n) is 5.02. The molecule has 0 saturated carbocycles. The Balaban J connectivity index is 1.41. The minimum Gasteiger partial charge on any atom is -0.454 e. The lowest BCUT2D eigenvalue weighted by atomic mass is 10.3. The quantitative estimate of drug-likeness (QED) is 0.583. The highest BCUT2D eigenvalue weighted by molar-refractivity contribution is 7.89. The van der Waals surface area contributed by atoms with Crippen molar-refractivity contribution in [1.82, 2.24) is 14.5 Å². The number of benzene rings is 2. The summed E-state index contributed by atoms with van der Waals surface area (Å²) in [5, 5.41) is 2.80. The van der Waals surface area contributed by atoms with E-state index in [1.807, 2.05) is 18.2 Å². The molecular weight excluding hydrogens is 448 g/mol. The number of sulfonamides is 1. The number of carbonyl (C=O) groups excluding carboxylic acids is 3. The molecule has 3 rings (SSSR count). The predicted octanol–water partition coefficient (Wildman–Crippen LogP) is 1.27. The Hall–Kier alpha value is -3.44. The summed E-state index contributed by atoms with van der Waals surface area (Å²) in [5.74, 6) is -1.27. The number of anilines is 1. The summed E-state index contributed by atoms with van der Waals surface area (Å²) in [6.07, 6.45) is 0. The van der Waals surface area contributed by atoms with Crippen LogP contribution in [-0.4, -0.2) is 75.0 Å². The molecule has 1 aliphatic rings. The van der Waals surface area contributed by atoms with Gasteiger partial charge in [0.05, 0.1) is 4.90 Å². The number of ether oxygens (including phenoxy) is 1. The fourth-order valence-electron chi connectivity index (χ4n) is 3.18. The smallest absolute Gasteiger partial charge is 0.324 e. The first-order valence-corrected chi connectivity index (χ1v) is 11.9. The van der Waals surface area contributed by atoms with Crippen molar-refractivity contribution in [2.45, 2.75) is 17.9 Å². The van der Waals surface area contributed by atoms with E-state index in [-0.39, 0.29) is 10.9 Å². The van der Waals surface area contributed by atoms with E-state index >= 15 is 0 Å². The van der Waals surface area contributed by atoms with Crippen LogP contribution in [-0.2, 0) is 24.3 Å². The van der Waals surface area contributed by atoms with Crippen molar-refractivity contribution in [2.24, 2.45) is 0 Å². The molecule has 0 bridgehead atoms. The van der Waals surface area contributed by atoms with Crippen LogP contribution < -0.4 is 10.0 Å². The highest BCUT2D eigenvalue weighted by Crippen LogP contribution is 2.10. The van der Waals surface area contributed by atoms with E-state index in [2.05, 4.69) is 10.0 Å². The van der Waals surface area contributed by atoms with Crippen molar-refractivity contribution in [2.75, 3.05) is 38.1 Å². The fraction of sp³-hybridized carbons (Fsp3) is 0.318. The standard InChI is InChI=1S/C22H26N4O6S/c1-17(24-33(30,31)19-10-6-3-7-11-19)21(28)32-16-20(27)25-12-14-26(15-13-25)22(29)23-18-8-4-2-5-9-18/h2-11,17,24H,12-16H2,1H3,(H,23,29)/t17-/m0/s1. The second-order valence-electron chi connectivity index (χ2n) is 7.43. The number of esters is 1. The van der Waals surface area contributed by atoms with E-state index in [1.54, 1.807) is 35.2 Å². The van der Waals surface area contributed by atoms with Crippen molar-refractivity contribution in [3.63, 3.8) is 0 Å². The summed E-state index contributed by atoms with van der Waals surface area (Å²) in [5.41, 5.74) is 0.685. The Morgan fingerprint density at radius 1 is 0.909 bits per heavy atom. The minimum absolute atomic E-state index is 0.0231.